The van der Waals surface area contributed by atoms with E-state index in [1.807, 2.05) is 25.1 Å². The largest absolute Gasteiger partial charge is 0.489 e. The van der Waals surface area contributed by atoms with E-state index in [9.17, 15) is 0 Å². The van der Waals surface area contributed by atoms with E-state index >= 15 is 0 Å². The van der Waals surface area contributed by atoms with Crippen molar-refractivity contribution in [1.82, 2.24) is 10.1 Å². The fraction of sp³-hybridized carbons (Fsp3) is 0.467. The van der Waals surface area contributed by atoms with Crippen LogP contribution < -0.4 is 10.1 Å². The van der Waals surface area contributed by atoms with E-state index in [1.54, 1.807) is 0 Å². The van der Waals surface area contributed by atoms with Crippen molar-refractivity contribution in [3.05, 3.63) is 24.0 Å². The van der Waals surface area contributed by atoms with Gasteiger partial charge in [0.15, 0.2) is 5.75 Å². The lowest BCUT2D eigenvalue weighted by Crippen LogP contribution is -2.21. The molecule has 6 heteroatoms. The van der Waals surface area contributed by atoms with Gasteiger partial charge in [0.25, 0.3) is 5.89 Å². The van der Waals surface area contributed by atoms with Gasteiger partial charge in [0, 0.05) is 13.2 Å². The van der Waals surface area contributed by atoms with E-state index in [0.717, 1.165) is 43.0 Å². The minimum atomic E-state index is -0.435. The van der Waals surface area contributed by atoms with Gasteiger partial charge in [-0.05, 0) is 31.9 Å². The molecular weight excluding hydrogens is 270 g/mol. The number of nitrogens with one attached hydrogen (secondary N) is 1. The lowest BCUT2D eigenvalue weighted by molar-refractivity contribution is 0.00768. The Morgan fingerprint density at radius 2 is 2.24 bits per heavy atom. The summed E-state index contributed by atoms with van der Waals surface area (Å²) in [5.41, 5.74) is 1.34. The quantitative estimate of drug-likeness (QED) is 0.915. The van der Waals surface area contributed by atoms with Gasteiger partial charge in [-0.2, -0.15) is 4.98 Å². The van der Waals surface area contributed by atoms with Crippen molar-refractivity contribution in [2.45, 2.75) is 25.4 Å². The molecular formula is C15H17N3O3. The molecule has 2 aromatic rings. The van der Waals surface area contributed by atoms with Gasteiger partial charge in [0.1, 0.15) is 12.2 Å². The number of rotatable bonds is 2. The summed E-state index contributed by atoms with van der Waals surface area (Å²) in [7, 11) is 0. The molecule has 110 valence electrons. The van der Waals surface area contributed by atoms with Crippen LogP contribution >= 0.6 is 0 Å². The molecule has 3 heterocycles. The molecule has 1 atom stereocenters. The molecule has 0 radical (unpaired) electrons. The molecule has 1 fully saturated rings. The van der Waals surface area contributed by atoms with Gasteiger partial charge in [-0.25, -0.2) is 0 Å². The Kier molecular flexibility index (Phi) is 2.85. The Labute approximate surface area is 122 Å². The van der Waals surface area contributed by atoms with Crippen LogP contribution in [0.25, 0.3) is 11.5 Å². The summed E-state index contributed by atoms with van der Waals surface area (Å²) >= 11 is 0. The van der Waals surface area contributed by atoms with E-state index in [4.69, 9.17) is 14.0 Å². The molecule has 0 amide bonds. The number of para-hydroxylation sites is 1. The van der Waals surface area contributed by atoms with Crippen molar-refractivity contribution in [1.29, 1.82) is 0 Å². The maximum absolute atomic E-state index is 5.76. The molecule has 0 spiro atoms. The molecule has 1 N–H and O–H groups in total. The van der Waals surface area contributed by atoms with Crippen molar-refractivity contribution >= 4 is 5.69 Å². The molecule has 2 aliphatic heterocycles. The van der Waals surface area contributed by atoms with Gasteiger partial charge >= 0.3 is 0 Å². The van der Waals surface area contributed by atoms with E-state index in [-0.39, 0.29) is 0 Å². The van der Waals surface area contributed by atoms with Gasteiger partial charge in [-0.15, -0.1) is 0 Å². The highest BCUT2D eigenvalue weighted by Crippen LogP contribution is 2.39. The zero-order valence-electron chi connectivity index (χ0n) is 11.9. The molecule has 0 aliphatic carbocycles. The molecule has 4 rings (SSSR count). The predicted molar refractivity (Wildman–Crippen MR) is 76.3 cm³/mol. The van der Waals surface area contributed by atoms with E-state index in [0.29, 0.717) is 18.3 Å². The summed E-state index contributed by atoms with van der Waals surface area (Å²) < 4.78 is 17.0. The third-order valence-corrected chi connectivity index (χ3v) is 4.03. The Bertz CT molecular complexity index is 662. The summed E-state index contributed by atoms with van der Waals surface area (Å²) in [4.78, 5) is 4.53. The first-order chi connectivity index (χ1) is 10.3. The number of anilines is 1. The highest BCUT2D eigenvalue weighted by Gasteiger charge is 2.37. The number of ether oxygens (including phenoxy) is 2. The van der Waals surface area contributed by atoms with Gasteiger partial charge in [0.2, 0.25) is 5.82 Å². The third kappa shape index (κ3) is 2.06. The van der Waals surface area contributed by atoms with Gasteiger partial charge in [0.05, 0.1) is 11.3 Å². The minimum Gasteiger partial charge on any atom is -0.489 e. The molecule has 2 aliphatic rings. The summed E-state index contributed by atoms with van der Waals surface area (Å²) in [6.07, 6.45) is 1.94. The van der Waals surface area contributed by atoms with Crippen LogP contribution in [0.5, 0.6) is 5.75 Å². The second-order valence-corrected chi connectivity index (χ2v) is 5.56. The van der Waals surface area contributed by atoms with Crippen LogP contribution in [0.4, 0.5) is 5.69 Å². The monoisotopic (exact) mass is 287 g/mol. The standard InChI is InChI=1S/C15H17N3O3/c1-15(6-3-8-20-15)14-17-13(21-18-14)10-4-2-5-11-12(10)19-9-7-16-11/h2,4-5,16H,3,6-9H2,1H3. The minimum absolute atomic E-state index is 0.435. The van der Waals surface area contributed by atoms with Gasteiger partial charge in [-0.1, -0.05) is 11.2 Å². The second kappa shape index (κ2) is 4.73. The van der Waals surface area contributed by atoms with E-state index in [2.05, 4.69) is 15.5 Å². The third-order valence-electron chi connectivity index (χ3n) is 4.03. The fourth-order valence-electron chi connectivity index (χ4n) is 2.84. The number of hydrogen-bond donors (Lipinski definition) is 1. The first-order valence-corrected chi connectivity index (χ1v) is 7.24. The van der Waals surface area contributed by atoms with Crippen molar-refractivity contribution < 1.29 is 14.0 Å². The Balaban J connectivity index is 1.73. The van der Waals surface area contributed by atoms with Crippen LogP contribution in [0.2, 0.25) is 0 Å². The van der Waals surface area contributed by atoms with Crippen molar-refractivity contribution in [3.63, 3.8) is 0 Å². The van der Waals surface area contributed by atoms with Crippen LogP contribution in [0.15, 0.2) is 22.7 Å². The molecule has 0 bridgehead atoms. The number of fused-ring (bicyclic) bond motifs is 1. The average molecular weight is 287 g/mol. The van der Waals surface area contributed by atoms with Crippen LogP contribution in [0, 0.1) is 0 Å². The second-order valence-electron chi connectivity index (χ2n) is 5.56. The molecule has 1 unspecified atom stereocenters. The number of hydrogen-bond acceptors (Lipinski definition) is 6. The fourth-order valence-corrected chi connectivity index (χ4v) is 2.84. The van der Waals surface area contributed by atoms with Crippen LogP contribution in [0.3, 0.4) is 0 Å². The maximum atomic E-state index is 5.76. The Morgan fingerprint density at radius 1 is 1.29 bits per heavy atom. The predicted octanol–water partition coefficient (Wildman–Crippen LogP) is 2.57. The molecule has 1 saturated heterocycles. The summed E-state index contributed by atoms with van der Waals surface area (Å²) in [6.45, 7) is 4.19. The zero-order valence-corrected chi connectivity index (χ0v) is 11.9. The molecule has 1 aromatic carbocycles. The van der Waals surface area contributed by atoms with Crippen LogP contribution in [0.1, 0.15) is 25.6 Å². The molecule has 1 aromatic heterocycles. The average Bonchev–Trinajstić information content (AvgIpc) is 3.16. The number of benzene rings is 1. The lowest BCUT2D eigenvalue weighted by Gasteiger charge is -2.20. The molecule has 21 heavy (non-hydrogen) atoms. The first-order valence-electron chi connectivity index (χ1n) is 7.24. The van der Waals surface area contributed by atoms with Crippen LogP contribution in [-0.2, 0) is 10.3 Å². The zero-order chi connectivity index (χ0) is 14.3. The molecule has 0 saturated carbocycles. The highest BCUT2D eigenvalue weighted by molar-refractivity contribution is 5.74. The van der Waals surface area contributed by atoms with E-state index in [1.165, 1.54) is 0 Å². The Morgan fingerprint density at radius 3 is 3.10 bits per heavy atom. The summed E-state index contributed by atoms with van der Waals surface area (Å²) in [6, 6.07) is 5.87. The van der Waals surface area contributed by atoms with E-state index < -0.39 is 5.60 Å². The normalized spacial score (nSPS) is 24.2. The lowest BCUT2D eigenvalue weighted by atomic mass is 10.0. The van der Waals surface area contributed by atoms with Gasteiger partial charge < -0.3 is 19.3 Å². The highest BCUT2D eigenvalue weighted by atomic mass is 16.5. The SMILES string of the molecule is CC1(c2noc(-c3cccc4c3OCCN4)n2)CCCO1. The van der Waals surface area contributed by atoms with Crippen LogP contribution in [-0.4, -0.2) is 29.9 Å². The summed E-state index contributed by atoms with van der Waals surface area (Å²) in [5, 5.41) is 7.41. The van der Waals surface area contributed by atoms with Crippen molar-refractivity contribution in [2.24, 2.45) is 0 Å². The number of nitrogens with zero attached hydrogens (tertiary/aromatic N) is 2. The maximum Gasteiger partial charge on any atom is 0.261 e. The summed E-state index contributed by atoms with van der Waals surface area (Å²) in [5.74, 6) is 1.86. The van der Waals surface area contributed by atoms with Gasteiger partial charge in [-0.3, -0.25) is 0 Å². The van der Waals surface area contributed by atoms with Crippen molar-refractivity contribution in [3.8, 4) is 17.2 Å². The molecule has 6 nitrogen and oxygen atoms in total. The number of aromatic nitrogens is 2. The smallest absolute Gasteiger partial charge is 0.261 e. The first kappa shape index (κ1) is 12.6. The van der Waals surface area contributed by atoms with Crippen molar-refractivity contribution in [2.75, 3.05) is 25.1 Å². The Hall–Kier alpha value is -2.08. The topological polar surface area (TPSA) is 69.4 Å².